The number of nitrogens with zero attached hydrogens (tertiary/aromatic N) is 3. The van der Waals surface area contributed by atoms with Crippen LogP contribution in [0.25, 0.3) is 16.6 Å². The molecule has 0 fully saturated rings. The molecule has 27 heavy (non-hydrogen) atoms. The number of ether oxygens (including phenoxy) is 1. The van der Waals surface area contributed by atoms with Crippen LogP contribution in [0.1, 0.15) is 0 Å². The number of rotatable bonds is 4. The molecule has 132 valence electrons. The van der Waals surface area contributed by atoms with Crippen LogP contribution in [-0.2, 0) is 0 Å². The summed E-state index contributed by atoms with van der Waals surface area (Å²) >= 11 is 0. The van der Waals surface area contributed by atoms with Crippen molar-refractivity contribution in [2.75, 3.05) is 0 Å². The van der Waals surface area contributed by atoms with Crippen molar-refractivity contribution >= 4 is 16.6 Å². The Balaban J connectivity index is 1.99. The van der Waals surface area contributed by atoms with Gasteiger partial charge in [0.15, 0.2) is 0 Å². The summed E-state index contributed by atoms with van der Waals surface area (Å²) in [6, 6.07) is 21.9. The fraction of sp³-hybridized carbons (Fsp3) is 0. The highest BCUT2D eigenvalue weighted by Gasteiger charge is 2.17. The van der Waals surface area contributed by atoms with E-state index < -0.39 is 4.92 Å². The standard InChI is InChI=1S/C20H13N3O4/c24-19-17-12-11-15(23(25)26)13-18(17)21-20(27-16-9-5-2-6-10-16)22(19)14-7-3-1-4-8-14/h1-13H. The molecule has 4 aromatic rings. The summed E-state index contributed by atoms with van der Waals surface area (Å²) < 4.78 is 7.18. The number of aromatic nitrogens is 2. The molecule has 7 heteroatoms. The number of nitro groups is 1. The molecular formula is C20H13N3O4. The Kier molecular flexibility index (Phi) is 4.10. The molecule has 0 bridgehead atoms. The molecule has 1 aromatic heterocycles. The first kappa shape index (κ1) is 16.5. The molecule has 0 amide bonds. The van der Waals surface area contributed by atoms with E-state index in [1.165, 1.54) is 22.8 Å². The molecule has 0 aliphatic rings. The van der Waals surface area contributed by atoms with Gasteiger partial charge in [-0.15, -0.1) is 0 Å². The van der Waals surface area contributed by atoms with Gasteiger partial charge in [0, 0.05) is 12.1 Å². The van der Waals surface area contributed by atoms with E-state index in [0.29, 0.717) is 11.4 Å². The Hall–Kier alpha value is -4.00. The second-order valence-corrected chi connectivity index (χ2v) is 5.74. The smallest absolute Gasteiger partial charge is 0.310 e. The summed E-state index contributed by atoms with van der Waals surface area (Å²) in [7, 11) is 0. The summed E-state index contributed by atoms with van der Waals surface area (Å²) in [5.41, 5.74) is 0.276. The molecule has 4 rings (SSSR count). The Morgan fingerprint density at radius 2 is 1.59 bits per heavy atom. The van der Waals surface area contributed by atoms with E-state index in [9.17, 15) is 14.9 Å². The summed E-state index contributed by atoms with van der Waals surface area (Å²) in [6.07, 6.45) is 0. The maximum absolute atomic E-state index is 13.1. The number of benzene rings is 3. The third-order valence-corrected chi connectivity index (χ3v) is 4.00. The van der Waals surface area contributed by atoms with Crippen molar-refractivity contribution in [2.45, 2.75) is 0 Å². The van der Waals surface area contributed by atoms with Gasteiger partial charge in [-0.3, -0.25) is 14.9 Å². The van der Waals surface area contributed by atoms with Crippen molar-refractivity contribution in [3.8, 4) is 17.4 Å². The molecule has 0 unspecified atom stereocenters. The normalized spacial score (nSPS) is 10.7. The van der Waals surface area contributed by atoms with Crippen molar-refractivity contribution in [3.63, 3.8) is 0 Å². The fourth-order valence-corrected chi connectivity index (χ4v) is 2.73. The highest BCUT2D eigenvalue weighted by molar-refractivity contribution is 5.80. The third-order valence-electron chi connectivity index (χ3n) is 4.00. The zero-order valence-corrected chi connectivity index (χ0v) is 14.0. The lowest BCUT2D eigenvalue weighted by molar-refractivity contribution is -0.384. The van der Waals surface area contributed by atoms with Crippen LogP contribution in [0.4, 0.5) is 5.69 Å². The topological polar surface area (TPSA) is 87.3 Å². The summed E-state index contributed by atoms with van der Waals surface area (Å²) in [6.45, 7) is 0. The fourth-order valence-electron chi connectivity index (χ4n) is 2.73. The number of fused-ring (bicyclic) bond motifs is 1. The van der Waals surface area contributed by atoms with Gasteiger partial charge < -0.3 is 4.74 Å². The molecule has 0 spiro atoms. The van der Waals surface area contributed by atoms with E-state index in [1.807, 2.05) is 12.1 Å². The first-order valence-electron chi connectivity index (χ1n) is 8.13. The molecule has 0 saturated heterocycles. The molecule has 0 atom stereocenters. The first-order chi connectivity index (χ1) is 13.1. The average molecular weight is 359 g/mol. The average Bonchev–Trinajstić information content (AvgIpc) is 2.69. The van der Waals surface area contributed by atoms with Gasteiger partial charge in [-0.2, -0.15) is 4.98 Å². The highest BCUT2D eigenvalue weighted by Crippen LogP contribution is 2.25. The van der Waals surface area contributed by atoms with Crippen LogP contribution in [0.5, 0.6) is 11.8 Å². The number of hydrogen-bond acceptors (Lipinski definition) is 5. The summed E-state index contributed by atoms with van der Waals surface area (Å²) in [5, 5.41) is 11.3. The van der Waals surface area contributed by atoms with E-state index in [4.69, 9.17) is 4.74 Å². The predicted molar refractivity (Wildman–Crippen MR) is 101 cm³/mol. The van der Waals surface area contributed by atoms with Gasteiger partial charge in [0.05, 0.1) is 21.5 Å². The van der Waals surface area contributed by atoms with Crippen LogP contribution in [-0.4, -0.2) is 14.5 Å². The van der Waals surface area contributed by atoms with Gasteiger partial charge in [-0.25, -0.2) is 4.57 Å². The third kappa shape index (κ3) is 3.13. The van der Waals surface area contributed by atoms with E-state index in [-0.39, 0.29) is 28.2 Å². The maximum Gasteiger partial charge on any atom is 0.310 e. The Morgan fingerprint density at radius 3 is 2.26 bits per heavy atom. The molecule has 0 aliphatic carbocycles. The van der Waals surface area contributed by atoms with Crippen molar-refractivity contribution in [1.29, 1.82) is 0 Å². The first-order valence-corrected chi connectivity index (χ1v) is 8.13. The van der Waals surface area contributed by atoms with Gasteiger partial charge in [0.2, 0.25) is 0 Å². The van der Waals surface area contributed by atoms with E-state index in [2.05, 4.69) is 4.98 Å². The summed E-state index contributed by atoms with van der Waals surface area (Å²) in [4.78, 5) is 28.0. The highest BCUT2D eigenvalue weighted by atomic mass is 16.6. The molecule has 0 saturated carbocycles. The maximum atomic E-state index is 13.1. The minimum absolute atomic E-state index is 0.0328. The molecule has 0 aliphatic heterocycles. The minimum atomic E-state index is -0.526. The van der Waals surface area contributed by atoms with Crippen LogP contribution in [0, 0.1) is 10.1 Å². The van der Waals surface area contributed by atoms with Gasteiger partial charge in [0.1, 0.15) is 5.75 Å². The quantitative estimate of drug-likeness (QED) is 0.405. The number of hydrogen-bond donors (Lipinski definition) is 0. The molecule has 7 nitrogen and oxygen atoms in total. The van der Waals surface area contributed by atoms with Crippen LogP contribution < -0.4 is 10.3 Å². The molecule has 3 aromatic carbocycles. The largest absolute Gasteiger partial charge is 0.425 e. The Labute approximate surface area is 153 Å². The van der Waals surface area contributed by atoms with Crippen molar-refractivity contribution in [1.82, 2.24) is 9.55 Å². The summed E-state index contributed by atoms with van der Waals surface area (Å²) in [5.74, 6) is 0.499. The lowest BCUT2D eigenvalue weighted by Crippen LogP contribution is -2.21. The zero-order chi connectivity index (χ0) is 18.8. The molecular weight excluding hydrogens is 346 g/mol. The second kappa shape index (κ2) is 6.72. The zero-order valence-electron chi connectivity index (χ0n) is 14.0. The van der Waals surface area contributed by atoms with Crippen LogP contribution >= 0.6 is 0 Å². The molecule has 1 heterocycles. The Morgan fingerprint density at radius 1 is 0.926 bits per heavy atom. The van der Waals surface area contributed by atoms with Gasteiger partial charge in [0.25, 0.3) is 11.2 Å². The lowest BCUT2D eigenvalue weighted by atomic mass is 10.2. The van der Waals surface area contributed by atoms with E-state index in [0.717, 1.165) is 0 Å². The Bertz CT molecular complexity index is 1190. The minimum Gasteiger partial charge on any atom is -0.425 e. The second-order valence-electron chi connectivity index (χ2n) is 5.74. The van der Waals surface area contributed by atoms with Crippen molar-refractivity contribution < 1.29 is 9.66 Å². The van der Waals surface area contributed by atoms with E-state index in [1.54, 1.807) is 48.5 Å². The lowest BCUT2D eigenvalue weighted by Gasteiger charge is -2.13. The molecule has 0 radical (unpaired) electrons. The number of para-hydroxylation sites is 2. The SMILES string of the molecule is O=c1c2ccc([N+](=O)[O-])cc2nc(Oc2ccccc2)n1-c1ccccc1. The molecule has 0 N–H and O–H groups in total. The van der Waals surface area contributed by atoms with Crippen LogP contribution in [0.3, 0.4) is 0 Å². The van der Waals surface area contributed by atoms with Crippen LogP contribution in [0.15, 0.2) is 83.7 Å². The van der Waals surface area contributed by atoms with Gasteiger partial charge in [-0.05, 0) is 30.3 Å². The van der Waals surface area contributed by atoms with Gasteiger partial charge in [-0.1, -0.05) is 36.4 Å². The predicted octanol–water partition coefficient (Wildman–Crippen LogP) is 4.09. The monoisotopic (exact) mass is 359 g/mol. The van der Waals surface area contributed by atoms with Gasteiger partial charge >= 0.3 is 6.01 Å². The van der Waals surface area contributed by atoms with Crippen molar-refractivity contribution in [2.24, 2.45) is 0 Å². The number of nitro benzene ring substituents is 1. The number of non-ortho nitro benzene ring substituents is 1. The van der Waals surface area contributed by atoms with Crippen molar-refractivity contribution in [3.05, 3.63) is 99.3 Å². The van der Waals surface area contributed by atoms with Crippen LogP contribution in [0.2, 0.25) is 0 Å². The van der Waals surface area contributed by atoms with E-state index >= 15 is 0 Å².